The van der Waals surface area contributed by atoms with E-state index in [0.717, 1.165) is 35.7 Å². The lowest BCUT2D eigenvalue weighted by Gasteiger charge is -2.42. The van der Waals surface area contributed by atoms with Crippen molar-refractivity contribution in [3.05, 3.63) is 102 Å². The van der Waals surface area contributed by atoms with Gasteiger partial charge in [0.05, 0.1) is 11.8 Å². The van der Waals surface area contributed by atoms with Gasteiger partial charge in [-0.25, -0.2) is 9.78 Å². The molecular formula is C32H33N3O4. The number of benzene rings is 3. The zero-order valence-electron chi connectivity index (χ0n) is 22.1. The molecule has 3 heterocycles. The van der Waals surface area contributed by atoms with E-state index in [1.54, 1.807) is 24.6 Å². The standard InChI is InChI=1S/C32H33N3O4/c1-34(20-22-2-6-25(7-3-22)32(36)37)28-18-26-10-11-27(19-28)35(26)21-23-4-12-29(13-5-23)39-30-14-8-24(9-15-30)31-33-16-17-38-31/h2-9,12-17,26-28H,10-11,18-21H2,1H3,(H,36,37)/t26-,27+,28?. The molecule has 0 radical (unpaired) electrons. The normalized spacial score (nSPS) is 20.8. The predicted octanol–water partition coefficient (Wildman–Crippen LogP) is 6.46. The quantitative estimate of drug-likeness (QED) is 0.270. The number of nitrogens with zero attached hydrogens (tertiary/aromatic N) is 3. The lowest BCUT2D eigenvalue weighted by Crippen LogP contribution is -2.48. The number of carboxylic acid groups (broad SMARTS) is 1. The van der Waals surface area contributed by atoms with Gasteiger partial charge >= 0.3 is 5.97 Å². The van der Waals surface area contributed by atoms with Crippen LogP contribution in [0.3, 0.4) is 0 Å². The lowest BCUT2D eigenvalue weighted by atomic mass is 9.95. The molecule has 2 saturated heterocycles. The van der Waals surface area contributed by atoms with E-state index < -0.39 is 5.97 Å². The summed E-state index contributed by atoms with van der Waals surface area (Å²) in [5, 5.41) is 9.14. The van der Waals surface area contributed by atoms with Gasteiger partial charge < -0.3 is 14.3 Å². The molecule has 1 unspecified atom stereocenters. The van der Waals surface area contributed by atoms with Crippen molar-refractivity contribution < 1.29 is 19.1 Å². The van der Waals surface area contributed by atoms with Crippen LogP contribution in [0.2, 0.25) is 0 Å². The van der Waals surface area contributed by atoms with Crippen molar-refractivity contribution in [2.75, 3.05) is 7.05 Å². The lowest BCUT2D eigenvalue weighted by molar-refractivity contribution is 0.0621. The van der Waals surface area contributed by atoms with E-state index >= 15 is 0 Å². The topological polar surface area (TPSA) is 79.0 Å². The molecule has 0 amide bonds. The van der Waals surface area contributed by atoms with Crippen LogP contribution in [0.25, 0.3) is 11.5 Å². The monoisotopic (exact) mass is 523 g/mol. The van der Waals surface area contributed by atoms with Gasteiger partial charge in [-0.1, -0.05) is 24.3 Å². The van der Waals surface area contributed by atoms with Crippen molar-refractivity contribution in [2.24, 2.45) is 0 Å². The molecule has 2 fully saturated rings. The molecular weight excluding hydrogens is 490 g/mol. The minimum atomic E-state index is -0.879. The van der Waals surface area contributed by atoms with Crippen LogP contribution in [0, 0.1) is 0 Å². The van der Waals surface area contributed by atoms with Crippen LogP contribution in [0.15, 0.2) is 89.7 Å². The molecule has 39 heavy (non-hydrogen) atoms. The van der Waals surface area contributed by atoms with Crippen LogP contribution in [-0.2, 0) is 13.1 Å². The number of aromatic carboxylic acids is 1. The molecule has 0 spiro atoms. The zero-order chi connectivity index (χ0) is 26.8. The number of aromatic nitrogens is 1. The average molecular weight is 524 g/mol. The minimum absolute atomic E-state index is 0.338. The first-order valence-electron chi connectivity index (χ1n) is 13.6. The third kappa shape index (κ3) is 5.75. The highest BCUT2D eigenvalue weighted by Crippen LogP contribution is 2.39. The van der Waals surface area contributed by atoms with Crippen LogP contribution in [0.5, 0.6) is 11.5 Å². The van der Waals surface area contributed by atoms with Crippen LogP contribution < -0.4 is 4.74 Å². The first-order valence-corrected chi connectivity index (χ1v) is 13.6. The minimum Gasteiger partial charge on any atom is -0.478 e. The summed E-state index contributed by atoms with van der Waals surface area (Å²) in [7, 11) is 2.20. The summed E-state index contributed by atoms with van der Waals surface area (Å²) in [5.41, 5.74) is 3.72. The summed E-state index contributed by atoms with van der Waals surface area (Å²) in [5.74, 6) is 1.32. The van der Waals surface area contributed by atoms with E-state index in [-0.39, 0.29) is 0 Å². The maximum absolute atomic E-state index is 11.1. The number of rotatable bonds is 9. The Bertz CT molecular complexity index is 1370. The molecule has 1 aromatic heterocycles. The Kier molecular flexibility index (Phi) is 7.18. The second-order valence-corrected chi connectivity index (χ2v) is 10.7. The van der Waals surface area contributed by atoms with Crippen LogP contribution in [0.4, 0.5) is 0 Å². The maximum atomic E-state index is 11.1. The largest absolute Gasteiger partial charge is 0.478 e. The first-order chi connectivity index (χ1) is 19.0. The van der Waals surface area contributed by atoms with E-state index in [1.807, 2.05) is 36.4 Å². The molecule has 3 atom stereocenters. The van der Waals surface area contributed by atoms with Crippen molar-refractivity contribution >= 4 is 5.97 Å². The number of carbonyl (C=O) groups is 1. The van der Waals surface area contributed by atoms with E-state index in [9.17, 15) is 4.79 Å². The SMILES string of the molecule is CN(Cc1ccc(C(=O)O)cc1)C1C[C@H]2CC[C@@H](C1)N2Cc1ccc(Oc2ccc(-c3ncco3)cc2)cc1. The fraction of sp³-hybridized carbons (Fsp3) is 0.312. The van der Waals surface area contributed by atoms with E-state index in [0.29, 0.717) is 29.6 Å². The number of hydrogen-bond donors (Lipinski definition) is 1. The molecule has 0 aliphatic carbocycles. The number of hydrogen-bond acceptors (Lipinski definition) is 6. The van der Waals surface area contributed by atoms with Crippen molar-refractivity contribution in [3.8, 4) is 23.0 Å². The fourth-order valence-corrected chi connectivity index (χ4v) is 6.07. The molecule has 200 valence electrons. The number of piperidine rings is 1. The molecule has 4 aromatic rings. The van der Waals surface area contributed by atoms with Gasteiger partial charge in [-0.05, 0) is 92.4 Å². The van der Waals surface area contributed by atoms with Gasteiger partial charge in [-0.2, -0.15) is 0 Å². The highest BCUT2D eigenvalue weighted by atomic mass is 16.5. The Hall–Kier alpha value is -3.94. The van der Waals surface area contributed by atoms with Crippen molar-refractivity contribution in [3.63, 3.8) is 0 Å². The summed E-state index contributed by atoms with van der Waals surface area (Å²) in [4.78, 5) is 20.5. The molecule has 2 aliphatic rings. The number of fused-ring (bicyclic) bond motifs is 2. The molecule has 7 heteroatoms. The molecule has 0 saturated carbocycles. The number of ether oxygens (including phenoxy) is 1. The highest BCUT2D eigenvalue weighted by molar-refractivity contribution is 5.87. The van der Waals surface area contributed by atoms with E-state index in [2.05, 4.69) is 46.1 Å². The number of carboxylic acids is 1. The molecule has 2 aliphatic heterocycles. The molecule has 6 rings (SSSR count). The summed E-state index contributed by atoms with van der Waals surface area (Å²) in [6.45, 7) is 1.81. The van der Waals surface area contributed by atoms with Gasteiger partial charge in [0.25, 0.3) is 0 Å². The first kappa shape index (κ1) is 25.3. The summed E-state index contributed by atoms with van der Waals surface area (Å²) in [6.07, 6.45) is 8.07. The molecule has 7 nitrogen and oxygen atoms in total. The average Bonchev–Trinajstić information content (AvgIpc) is 3.56. The number of oxazole rings is 1. The Balaban J connectivity index is 1.02. The Morgan fingerprint density at radius 2 is 1.56 bits per heavy atom. The smallest absolute Gasteiger partial charge is 0.335 e. The molecule has 2 bridgehead atoms. The highest BCUT2D eigenvalue weighted by Gasteiger charge is 2.41. The van der Waals surface area contributed by atoms with Gasteiger partial charge in [-0.15, -0.1) is 0 Å². The van der Waals surface area contributed by atoms with Gasteiger partial charge in [0.2, 0.25) is 5.89 Å². The third-order valence-electron chi connectivity index (χ3n) is 8.17. The van der Waals surface area contributed by atoms with Crippen LogP contribution in [-0.4, -0.2) is 51.0 Å². The Morgan fingerprint density at radius 3 is 2.15 bits per heavy atom. The van der Waals surface area contributed by atoms with E-state index in [4.69, 9.17) is 14.3 Å². The van der Waals surface area contributed by atoms with Gasteiger partial charge in [-0.3, -0.25) is 9.80 Å². The molecule has 3 aromatic carbocycles. The maximum Gasteiger partial charge on any atom is 0.335 e. The Labute approximate surface area is 228 Å². The molecule has 1 N–H and O–H groups in total. The van der Waals surface area contributed by atoms with Crippen molar-refractivity contribution in [2.45, 2.75) is 56.9 Å². The van der Waals surface area contributed by atoms with Gasteiger partial charge in [0.1, 0.15) is 17.8 Å². The second kappa shape index (κ2) is 11.0. The predicted molar refractivity (Wildman–Crippen MR) is 149 cm³/mol. The van der Waals surface area contributed by atoms with Crippen molar-refractivity contribution in [1.29, 1.82) is 0 Å². The summed E-state index contributed by atoms with van der Waals surface area (Å²) < 4.78 is 11.4. The van der Waals surface area contributed by atoms with E-state index in [1.165, 1.54) is 31.2 Å². The fourth-order valence-electron chi connectivity index (χ4n) is 6.07. The Morgan fingerprint density at radius 1 is 0.949 bits per heavy atom. The van der Waals surface area contributed by atoms with Gasteiger partial charge in [0, 0.05) is 36.8 Å². The summed E-state index contributed by atoms with van der Waals surface area (Å²) >= 11 is 0. The van der Waals surface area contributed by atoms with Crippen LogP contribution >= 0.6 is 0 Å². The summed E-state index contributed by atoms with van der Waals surface area (Å²) in [6, 6.07) is 25.2. The van der Waals surface area contributed by atoms with Crippen molar-refractivity contribution in [1.82, 2.24) is 14.8 Å². The van der Waals surface area contributed by atoms with Crippen LogP contribution in [0.1, 0.15) is 47.2 Å². The van der Waals surface area contributed by atoms with Gasteiger partial charge in [0.15, 0.2) is 0 Å². The second-order valence-electron chi connectivity index (χ2n) is 10.7. The third-order valence-corrected chi connectivity index (χ3v) is 8.17. The zero-order valence-corrected chi connectivity index (χ0v) is 22.1.